The molecule has 1 heterocycles. The molecule has 0 unspecified atom stereocenters. The molecule has 0 aliphatic carbocycles. The molecular weight excluding hydrogens is 310 g/mol. The van der Waals surface area contributed by atoms with E-state index in [1.165, 1.54) is 10.4 Å². The molecule has 8 nitrogen and oxygen atoms in total. The van der Waals surface area contributed by atoms with Crippen molar-refractivity contribution >= 4 is 27.6 Å². The molecule has 0 aromatic heterocycles. The van der Waals surface area contributed by atoms with Crippen LogP contribution in [0, 0.1) is 0 Å². The normalized spacial score (nSPS) is 16.3. The number of carbonyl (C=O) groups is 1. The van der Waals surface area contributed by atoms with E-state index in [-0.39, 0.29) is 24.3 Å². The van der Waals surface area contributed by atoms with E-state index in [2.05, 4.69) is 4.72 Å². The van der Waals surface area contributed by atoms with Crippen molar-refractivity contribution in [3.8, 4) is 0 Å². The number of rotatable bonds is 5. The Bertz CT molecular complexity index is 654. The van der Waals surface area contributed by atoms with Gasteiger partial charge in [-0.3, -0.25) is 4.72 Å². The smallest absolute Gasteiger partial charge is 0.337 e. The van der Waals surface area contributed by atoms with Crippen LogP contribution in [-0.4, -0.2) is 64.2 Å². The SMILES string of the molecule is CN(C)c1ccc(NS(=O)(=O)N2CCOCC2)cc1C(=O)O. The van der Waals surface area contributed by atoms with Gasteiger partial charge in [-0.1, -0.05) is 0 Å². The molecule has 9 heteroatoms. The lowest BCUT2D eigenvalue weighted by molar-refractivity contribution is 0.0697. The number of hydrogen-bond acceptors (Lipinski definition) is 5. The zero-order valence-electron chi connectivity index (χ0n) is 12.4. The third kappa shape index (κ3) is 3.67. The van der Waals surface area contributed by atoms with Gasteiger partial charge in [-0.25, -0.2) is 4.79 Å². The number of morpholine rings is 1. The van der Waals surface area contributed by atoms with Crippen molar-refractivity contribution in [3.63, 3.8) is 0 Å². The highest BCUT2D eigenvalue weighted by atomic mass is 32.2. The number of hydrogen-bond donors (Lipinski definition) is 2. The van der Waals surface area contributed by atoms with Crippen LogP contribution in [0.3, 0.4) is 0 Å². The number of benzene rings is 1. The average molecular weight is 329 g/mol. The van der Waals surface area contributed by atoms with Crippen molar-refractivity contribution in [1.29, 1.82) is 0 Å². The fourth-order valence-electron chi connectivity index (χ4n) is 2.16. The summed E-state index contributed by atoms with van der Waals surface area (Å²) in [6.07, 6.45) is 0. The Balaban J connectivity index is 2.26. The van der Waals surface area contributed by atoms with E-state index < -0.39 is 16.2 Å². The molecular formula is C13H19N3O5S. The second-order valence-corrected chi connectivity index (χ2v) is 6.72. The van der Waals surface area contributed by atoms with Crippen LogP contribution in [0.5, 0.6) is 0 Å². The van der Waals surface area contributed by atoms with Crippen LogP contribution in [0.1, 0.15) is 10.4 Å². The lowest BCUT2D eigenvalue weighted by Crippen LogP contribution is -2.43. The molecule has 1 saturated heterocycles. The highest BCUT2D eigenvalue weighted by Gasteiger charge is 2.24. The minimum atomic E-state index is -3.72. The monoisotopic (exact) mass is 329 g/mol. The van der Waals surface area contributed by atoms with E-state index in [9.17, 15) is 18.3 Å². The summed E-state index contributed by atoms with van der Waals surface area (Å²) in [5.41, 5.74) is 0.753. The van der Waals surface area contributed by atoms with Crippen molar-refractivity contribution in [2.75, 3.05) is 50.0 Å². The highest BCUT2D eigenvalue weighted by Crippen LogP contribution is 2.24. The maximum atomic E-state index is 12.3. The lowest BCUT2D eigenvalue weighted by Gasteiger charge is -2.26. The van der Waals surface area contributed by atoms with Gasteiger partial charge < -0.3 is 14.7 Å². The van der Waals surface area contributed by atoms with Gasteiger partial charge in [-0.15, -0.1) is 0 Å². The molecule has 0 amide bonds. The standard InChI is InChI=1S/C13H19N3O5S/c1-15(2)12-4-3-10(9-11(12)13(17)18)14-22(19,20)16-5-7-21-8-6-16/h3-4,9,14H,5-8H2,1-2H3,(H,17,18). The van der Waals surface area contributed by atoms with Gasteiger partial charge >= 0.3 is 16.2 Å². The van der Waals surface area contributed by atoms with Crippen LogP contribution < -0.4 is 9.62 Å². The number of anilines is 2. The van der Waals surface area contributed by atoms with Crippen LogP contribution in [0.15, 0.2) is 18.2 Å². The highest BCUT2D eigenvalue weighted by molar-refractivity contribution is 7.90. The molecule has 2 N–H and O–H groups in total. The molecule has 22 heavy (non-hydrogen) atoms. The Morgan fingerprint density at radius 3 is 2.50 bits per heavy atom. The fraction of sp³-hybridized carbons (Fsp3) is 0.462. The summed E-state index contributed by atoms with van der Waals surface area (Å²) in [7, 11) is -0.272. The molecule has 0 bridgehead atoms. The topological polar surface area (TPSA) is 99.2 Å². The number of carboxylic acid groups (broad SMARTS) is 1. The van der Waals surface area contributed by atoms with E-state index in [0.717, 1.165) is 0 Å². The first-order valence-electron chi connectivity index (χ1n) is 6.71. The summed E-state index contributed by atoms with van der Waals surface area (Å²) in [6.45, 7) is 1.25. The van der Waals surface area contributed by atoms with Crippen molar-refractivity contribution < 1.29 is 23.1 Å². The predicted octanol–water partition coefficient (Wildman–Crippen LogP) is 0.440. The molecule has 1 aliphatic rings. The number of carboxylic acids is 1. The Labute approximate surface area is 129 Å². The van der Waals surface area contributed by atoms with Gasteiger partial charge in [0.05, 0.1) is 30.2 Å². The van der Waals surface area contributed by atoms with Crippen LogP contribution >= 0.6 is 0 Å². The van der Waals surface area contributed by atoms with Crippen molar-refractivity contribution in [2.45, 2.75) is 0 Å². The summed E-state index contributed by atoms with van der Waals surface area (Å²) in [4.78, 5) is 13.0. The Hall–Kier alpha value is -1.84. The Kier molecular flexibility index (Phi) is 4.89. The Morgan fingerprint density at radius 1 is 1.32 bits per heavy atom. The van der Waals surface area contributed by atoms with E-state index in [0.29, 0.717) is 18.9 Å². The fourth-order valence-corrected chi connectivity index (χ4v) is 3.34. The van der Waals surface area contributed by atoms with E-state index in [4.69, 9.17) is 4.74 Å². The van der Waals surface area contributed by atoms with Crippen molar-refractivity contribution in [2.24, 2.45) is 0 Å². The summed E-state index contributed by atoms with van der Waals surface area (Å²) >= 11 is 0. The number of nitrogens with zero attached hydrogens (tertiary/aromatic N) is 2. The first kappa shape index (κ1) is 16.5. The van der Waals surface area contributed by atoms with E-state index in [1.54, 1.807) is 31.1 Å². The maximum Gasteiger partial charge on any atom is 0.337 e. The van der Waals surface area contributed by atoms with Gasteiger partial charge in [0.15, 0.2) is 0 Å². The van der Waals surface area contributed by atoms with E-state index >= 15 is 0 Å². The summed E-state index contributed by atoms with van der Waals surface area (Å²) in [5, 5.41) is 9.26. The van der Waals surface area contributed by atoms with Gasteiger partial charge in [-0.2, -0.15) is 12.7 Å². The van der Waals surface area contributed by atoms with Gasteiger partial charge in [0.25, 0.3) is 0 Å². The lowest BCUT2D eigenvalue weighted by atomic mass is 10.1. The van der Waals surface area contributed by atoms with Crippen LogP contribution in [0.4, 0.5) is 11.4 Å². The van der Waals surface area contributed by atoms with Gasteiger partial charge in [0.1, 0.15) is 0 Å². The molecule has 1 aromatic carbocycles. The zero-order chi connectivity index (χ0) is 16.3. The number of ether oxygens (including phenoxy) is 1. The second-order valence-electron chi connectivity index (χ2n) is 5.05. The largest absolute Gasteiger partial charge is 0.478 e. The summed E-state index contributed by atoms with van der Waals surface area (Å²) in [6, 6.07) is 4.43. The van der Waals surface area contributed by atoms with Gasteiger partial charge in [-0.05, 0) is 18.2 Å². The molecule has 1 aliphatic heterocycles. The van der Waals surface area contributed by atoms with Crippen molar-refractivity contribution in [1.82, 2.24) is 4.31 Å². The van der Waals surface area contributed by atoms with Crippen LogP contribution in [0.2, 0.25) is 0 Å². The quantitative estimate of drug-likeness (QED) is 0.813. The molecule has 1 fully saturated rings. The second kappa shape index (κ2) is 6.51. The van der Waals surface area contributed by atoms with E-state index in [1.807, 2.05) is 0 Å². The summed E-state index contributed by atoms with van der Waals surface area (Å²) < 4.78 is 33.3. The number of nitrogens with one attached hydrogen (secondary N) is 1. The third-order valence-electron chi connectivity index (χ3n) is 3.27. The Morgan fingerprint density at radius 2 is 1.95 bits per heavy atom. The number of aromatic carboxylic acids is 1. The predicted molar refractivity (Wildman–Crippen MR) is 82.7 cm³/mol. The van der Waals surface area contributed by atoms with Gasteiger partial charge in [0.2, 0.25) is 0 Å². The van der Waals surface area contributed by atoms with Gasteiger partial charge in [0, 0.05) is 27.2 Å². The van der Waals surface area contributed by atoms with Crippen LogP contribution in [-0.2, 0) is 14.9 Å². The average Bonchev–Trinajstić information content (AvgIpc) is 2.47. The van der Waals surface area contributed by atoms with Crippen molar-refractivity contribution in [3.05, 3.63) is 23.8 Å². The molecule has 0 atom stereocenters. The molecule has 0 saturated carbocycles. The molecule has 2 rings (SSSR count). The first-order chi connectivity index (χ1) is 10.3. The zero-order valence-corrected chi connectivity index (χ0v) is 13.3. The first-order valence-corrected chi connectivity index (χ1v) is 8.15. The third-order valence-corrected chi connectivity index (χ3v) is 4.80. The van der Waals surface area contributed by atoms with Crippen LogP contribution in [0.25, 0.3) is 0 Å². The minimum absolute atomic E-state index is 0.0344. The summed E-state index contributed by atoms with van der Waals surface area (Å²) in [5.74, 6) is -1.11. The molecule has 0 radical (unpaired) electrons. The molecule has 122 valence electrons. The minimum Gasteiger partial charge on any atom is -0.478 e. The molecule has 0 spiro atoms. The maximum absolute atomic E-state index is 12.3. The molecule has 1 aromatic rings.